The van der Waals surface area contributed by atoms with Gasteiger partial charge in [-0.05, 0) is 32.0 Å². The fourth-order valence-corrected chi connectivity index (χ4v) is 3.36. The van der Waals surface area contributed by atoms with E-state index in [1.165, 1.54) is 4.31 Å². The van der Waals surface area contributed by atoms with Crippen LogP contribution in [0.5, 0.6) is 0 Å². The molecule has 0 aliphatic carbocycles. The quantitative estimate of drug-likeness (QED) is 0.747. The number of hydrogen-bond acceptors (Lipinski definition) is 6. The van der Waals surface area contributed by atoms with Crippen LogP contribution in [0.25, 0.3) is 0 Å². The van der Waals surface area contributed by atoms with Gasteiger partial charge in [0, 0.05) is 46.1 Å². The molecule has 2 rings (SSSR count). The van der Waals surface area contributed by atoms with Crippen LogP contribution in [-0.2, 0) is 10.0 Å². The van der Waals surface area contributed by atoms with Crippen molar-refractivity contribution in [1.82, 2.24) is 19.2 Å². The van der Waals surface area contributed by atoms with Crippen molar-refractivity contribution in [3.8, 4) is 0 Å². The second-order valence-electron chi connectivity index (χ2n) is 5.68. The maximum absolute atomic E-state index is 11.8. The molecule has 0 N–H and O–H groups in total. The molecule has 1 saturated heterocycles. The first-order valence-electron chi connectivity index (χ1n) is 7.63. The third-order valence-corrected chi connectivity index (χ3v) is 5.77. The minimum atomic E-state index is -3.09. The Balaban J connectivity index is 1.79. The molecule has 1 aromatic rings. The number of nitrogens with zero attached hydrogens (tertiary/aromatic N) is 5. The Labute approximate surface area is 133 Å². The van der Waals surface area contributed by atoms with Crippen molar-refractivity contribution < 1.29 is 8.42 Å². The van der Waals surface area contributed by atoms with E-state index in [9.17, 15) is 8.42 Å². The molecule has 2 heterocycles. The molecule has 1 aliphatic heterocycles. The van der Waals surface area contributed by atoms with Gasteiger partial charge in [0.15, 0.2) is 0 Å². The standard InChI is InChI=1S/C14H25N5O2S/c1-17(2)22(20,21)13-5-9-18-8-4-10-19(12-11-18)14-15-6-3-7-16-14/h3,6-7H,4-5,8-13H2,1-2H3. The molecule has 8 heteroatoms. The van der Waals surface area contributed by atoms with E-state index in [0.29, 0.717) is 6.42 Å². The van der Waals surface area contributed by atoms with Gasteiger partial charge in [0.25, 0.3) is 0 Å². The second-order valence-corrected chi connectivity index (χ2v) is 7.99. The molecule has 0 atom stereocenters. The summed E-state index contributed by atoms with van der Waals surface area (Å²) in [6, 6.07) is 1.82. The number of sulfonamides is 1. The van der Waals surface area contributed by atoms with Crippen molar-refractivity contribution >= 4 is 16.0 Å². The topological polar surface area (TPSA) is 69.6 Å². The van der Waals surface area contributed by atoms with Crippen LogP contribution in [0.1, 0.15) is 12.8 Å². The van der Waals surface area contributed by atoms with Crippen molar-refractivity contribution in [3.63, 3.8) is 0 Å². The van der Waals surface area contributed by atoms with E-state index >= 15 is 0 Å². The highest BCUT2D eigenvalue weighted by Gasteiger charge is 2.18. The molecule has 0 unspecified atom stereocenters. The molecular weight excluding hydrogens is 302 g/mol. The zero-order valence-corrected chi connectivity index (χ0v) is 14.2. The molecule has 1 aliphatic rings. The number of rotatable bonds is 6. The average molecular weight is 327 g/mol. The lowest BCUT2D eigenvalue weighted by Crippen LogP contribution is -2.33. The summed E-state index contributed by atoms with van der Waals surface area (Å²) in [4.78, 5) is 13.1. The highest BCUT2D eigenvalue weighted by molar-refractivity contribution is 7.89. The maximum atomic E-state index is 11.8. The fraction of sp³-hybridized carbons (Fsp3) is 0.714. The molecule has 7 nitrogen and oxygen atoms in total. The van der Waals surface area contributed by atoms with Crippen LogP contribution in [0.3, 0.4) is 0 Å². The molecule has 0 aromatic carbocycles. The van der Waals surface area contributed by atoms with Gasteiger partial charge in [-0.15, -0.1) is 0 Å². The van der Waals surface area contributed by atoms with E-state index in [1.54, 1.807) is 26.5 Å². The monoisotopic (exact) mass is 327 g/mol. The summed E-state index contributed by atoms with van der Waals surface area (Å²) < 4.78 is 24.8. The third kappa shape index (κ3) is 4.89. The van der Waals surface area contributed by atoms with Crippen molar-refractivity contribution in [1.29, 1.82) is 0 Å². The lowest BCUT2D eigenvalue weighted by molar-refractivity contribution is 0.294. The summed E-state index contributed by atoms with van der Waals surface area (Å²) in [6.07, 6.45) is 5.23. The lowest BCUT2D eigenvalue weighted by atomic mass is 10.3. The van der Waals surface area contributed by atoms with Crippen molar-refractivity contribution in [3.05, 3.63) is 18.5 Å². The van der Waals surface area contributed by atoms with Gasteiger partial charge >= 0.3 is 0 Å². The fourth-order valence-electron chi connectivity index (χ4n) is 2.50. The van der Waals surface area contributed by atoms with Gasteiger partial charge in [-0.1, -0.05) is 0 Å². The van der Waals surface area contributed by atoms with Gasteiger partial charge in [0.05, 0.1) is 5.75 Å². The molecule has 0 radical (unpaired) electrons. The van der Waals surface area contributed by atoms with Crippen LogP contribution >= 0.6 is 0 Å². The first-order valence-corrected chi connectivity index (χ1v) is 9.24. The molecule has 0 amide bonds. The van der Waals surface area contributed by atoms with Gasteiger partial charge in [-0.3, -0.25) is 0 Å². The Morgan fingerprint density at radius 3 is 2.55 bits per heavy atom. The van der Waals surface area contributed by atoms with Gasteiger partial charge in [0.1, 0.15) is 0 Å². The lowest BCUT2D eigenvalue weighted by Gasteiger charge is -2.22. The highest BCUT2D eigenvalue weighted by atomic mass is 32.2. The summed E-state index contributed by atoms with van der Waals surface area (Å²) in [5.74, 6) is 0.988. The van der Waals surface area contributed by atoms with E-state index in [1.807, 2.05) is 6.07 Å². The predicted octanol–water partition coefficient (Wildman–Crippen LogP) is 0.270. The number of aromatic nitrogens is 2. The Kier molecular flexibility index (Phi) is 6.10. The zero-order chi connectivity index (χ0) is 16.0. The van der Waals surface area contributed by atoms with E-state index in [2.05, 4.69) is 19.8 Å². The van der Waals surface area contributed by atoms with Crippen LogP contribution in [-0.4, -0.2) is 80.2 Å². The second kappa shape index (κ2) is 7.85. The van der Waals surface area contributed by atoms with Crippen LogP contribution in [0.15, 0.2) is 18.5 Å². The minimum Gasteiger partial charge on any atom is -0.339 e. The number of hydrogen-bond donors (Lipinski definition) is 0. The van der Waals surface area contributed by atoms with Crippen molar-refractivity contribution in [2.75, 3.05) is 57.5 Å². The molecule has 1 aromatic heterocycles. The minimum absolute atomic E-state index is 0.210. The Hall–Kier alpha value is -1.25. The van der Waals surface area contributed by atoms with E-state index in [-0.39, 0.29) is 5.75 Å². The molecule has 124 valence electrons. The van der Waals surface area contributed by atoms with Crippen LogP contribution in [0.4, 0.5) is 5.95 Å². The van der Waals surface area contributed by atoms with E-state index in [4.69, 9.17) is 0 Å². The molecule has 22 heavy (non-hydrogen) atoms. The zero-order valence-electron chi connectivity index (χ0n) is 13.3. The van der Waals surface area contributed by atoms with Crippen molar-refractivity contribution in [2.45, 2.75) is 12.8 Å². The first-order chi connectivity index (χ1) is 10.5. The Morgan fingerprint density at radius 2 is 1.86 bits per heavy atom. The first kappa shape index (κ1) is 17.1. The summed E-state index contributed by atoms with van der Waals surface area (Å²) in [6.45, 7) is 4.54. The SMILES string of the molecule is CN(C)S(=O)(=O)CCCN1CCCN(c2ncccn2)CC1. The predicted molar refractivity (Wildman–Crippen MR) is 87.4 cm³/mol. The van der Waals surface area contributed by atoms with E-state index < -0.39 is 10.0 Å². The smallest absolute Gasteiger partial charge is 0.225 e. The van der Waals surface area contributed by atoms with Gasteiger partial charge in [0.2, 0.25) is 16.0 Å². The Bertz CT molecular complexity index is 550. The van der Waals surface area contributed by atoms with Gasteiger partial charge < -0.3 is 9.80 Å². The van der Waals surface area contributed by atoms with Crippen LogP contribution in [0, 0.1) is 0 Å². The van der Waals surface area contributed by atoms with Gasteiger partial charge in [-0.2, -0.15) is 0 Å². The molecule has 0 spiro atoms. The molecule has 0 saturated carbocycles. The van der Waals surface area contributed by atoms with Gasteiger partial charge in [-0.25, -0.2) is 22.7 Å². The molecular formula is C14H25N5O2S. The van der Waals surface area contributed by atoms with E-state index in [0.717, 1.165) is 45.1 Å². The van der Waals surface area contributed by atoms with Crippen molar-refractivity contribution in [2.24, 2.45) is 0 Å². The summed E-state index contributed by atoms with van der Waals surface area (Å²) in [5, 5.41) is 0. The molecule has 1 fully saturated rings. The largest absolute Gasteiger partial charge is 0.339 e. The van der Waals surface area contributed by atoms with Crippen LogP contribution in [0.2, 0.25) is 0 Å². The molecule has 0 bridgehead atoms. The highest BCUT2D eigenvalue weighted by Crippen LogP contribution is 2.10. The number of anilines is 1. The summed E-state index contributed by atoms with van der Waals surface area (Å²) in [7, 11) is 0.0791. The third-order valence-electron chi connectivity index (χ3n) is 3.86. The summed E-state index contributed by atoms with van der Waals surface area (Å²) >= 11 is 0. The summed E-state index contributed by atoms with van der Waals surface area (Å²) in [5.41, 5.74) is 0. The Morgan fingerprint density at radius 1 is 1.14 bits per heavy atom. The normalized spacial score (nSPS) is 17.7. The maximum Gasteiger partial charge on any atom is 0.225 e. The average Bonchev–Trinajstić information content (AvgIpc) is 2.73. The van der Waals surface area contributed by atoms with Crippen LogP contribution < -0.4 is 4.90 Å².